The summed E-state index contributed by atoms with van der Waals surface area (Å²) in [5, 5.41) is 6.91. The Bertz CT molecular complexity index is 396. The van der Waals surface area contributed by atoms with E-state index in [0.717, 1.165) is 25.1 Å². The monoisotopic (exact) mass is 252 g/mol. The van der Waals surface area contributed by atoms with Gasteiger partial charge in [-0.3, -0.25) is 4.79 Å². The van der Waals surface area contributed by atoms with Gasteiger partial charge in [-0.2, -0.15) is 0 Å². The molecule has 1 aromatic carbocycles. The number of hydrogen-bond donors (Lipinski definition) is 2. The highest BCUT2D eigenvalue weighted by molar-refractivity contribution is 6.30. The molecular weight excluding hydrogens is 236 g/mol. The van der Waals surface area contributed by atoms with E-state index in [4.69, 9.17) is 11.6 Å². The number of carbonyl (C=O) groups excluding carboxylic acids is 1. The zero-order valence-electron chi connectivity index (χ0n) is 9.92. The molecule has 3 nitrogen and oxygen atoms in total. The zero-order chi connectivity index (χ0) is 12.3. The van der Waals surface area contributed by atoms with Crippen LogP contribution < -0.4 is 10.6 Å². The van der Waals surface area contributed by atoms with Crippen molar-refractivity contribution in [3.63, 3.8) is 0 Å². The minimum Gasteiger partial charge on any atom is -0.352 e. The van der Waals surface area contributed by atoms with Crippen LogP contribution in [0.15, 0.2) is 24.3 Å². The molecule has 1 saturated heterocycles. The lowest BCUT2D eigenvalue weighted by Crippen LogP contribution is -2.39. The van der Waals surface area contributed by atoms with Crippen LogP contribution in [0.1, 0.15) is 18.9 Å². The Labute approximate surface area is 107 Å². The van der Waals surface area contributed by atoms with Crippen LogP contribution >= 0.6 is 11.6 Å². The van der Waals surface area contributed by atoms with E-state index in [1.165, 1.54) is 0 Å². The molecule has 1 heterocycles. The Kier molecular flexibility index (Phi) is 3.69. The molecule has 2 rings (SSSR count). The molecule has 4 heteroatoms. The standard InChI is InChI=1S/C13H17ClN2O/c1-13(6-7-15-9-13)12(17)16-8-10-2-4-11(14)5-3-10/h2-5,15H,6-9H2,1H3,(H,16,17). The molecule has 0 spiro atoms. The number of halogens is 1. The van der Waals surface area contributed by atoms with Crippen molar-refractivity contribution in [1.29, 1.82) is 0 Å². The highest BCUT2D eigenvalue weighted by Gasteiger charge is 2.35. The molecule has 0 aromatic heterocycles. The van der Waals surface area contributed by atoms with Crippen LogP contribution in [0.3, 0.4) is 0 Å². The largest absolute Gasteiger partial charge is 0.352 e. The third kappa shape index (κ3) is 2.99. The molecule has 1 fully saturated rings. The maximum atomic E-state index is 12.0. The average molecular weight is 253 g/mol. The molecule has 1 atom stereocenters. The molecule has 0 bridgehead atoms. The molecule has 0 saturated carbocycles. The molecule has 1 aliphatic heterocycles. The maximum Gasteiger partial charge on any atom is 0.227 e. The Balaban J connectivity index is 1.89. The number of carbonyl (C=O) groups is 1. The predicted octanol–water partition coefficient (Wildman–Crippen LogP) is 1.96. The van der Waals surface area contributed by atoms with E-state index in [0.29, 0.717) is 11.6 Å². The Morgan fingerprint density at radius 2 is 2.18 bits per heavy atom. The molecule has 17 heavy (non-hydrogen) atoms. The van der Waals surface area contributed by atoms with Crippen LogP contribution in [0.25, 0.3) is 0 Å². The number of nitrogens with one attached hydrogen (secondary N) is 2. The summed E-state index contributed by atoms with van der Waals surface area (Å²) in [5.74, 6) is 0.123. The molecule has 1 unspecified atom stereocenters. The molecule has 2 N–H and O–H groups in total. The van der Waals surface area contributed by atoms with Gasteiger partial charge in [0.1, 0.15) is 0 Å². The van der Waals surface area contributed by atoms with E-state index >= 15 is 0 Å². The van der Waals surface area contributed by atoms with Gasteiger partial charge in [0.15, 0.2) is 0 Å². The summed E-state index contributed by atoms with van der Waals surface area (Å²) in [7, 11) is 0. The van der Waals surface area contributed by atoms with Crippen molar-refractivity contribution < 1.29 is 4.79 Å². The number of amides is 1. The van der Waals surface area contributed by atoms with Crippen LogP contribution in [0.2, 0.25) is 5.02 Å². The lowest BCUT2D eigenvalue weighted by molar-refractivity contribution is -0.129. The van der Waals surface area contributed by atoms with E-state index < -0.39 is 0 Å². The minimum atomic E-state index is -0.258. The number of benzene rings is 1. The van der Waals surface area contributed by atoms with Gasteiger partial charge < -0.3 is 10.6 Å². The quantitative estimate of drug-likeness (QED) is 0.864. The first-order valence-corrected chi connectivity index (χ1v) is 6.21. The van der Waals surface area contributed by atoms with Gasteiger partial charge in [0.2, 0.25) is 5.91 Å². The van der Waals surface area contributed by atoms with Crippen LogP contribution in [-0.4, -0.2) is 19.0 Å². The van der Waals surface area contributed by atoms with E-state index in [1.807, 2.05) is 31.2 Å². The normalized spacial score (nSPS) is 23.6. The van der Waals surface area contributed by atoms with Gasteiger partial charge in [0, 0.05) is 18.1 Å². The molecule has 0 aliphatic carbocycles. The minimum absolute atomic E-state index is 0.123. The second-order valence-corrected chi connectivity index (χ2v) is 5.23. The lowest BCUT2D eigenvalue weighted by atomic mass is 9.89. The van der Waals surface area contributed by atoms with Gasteiger partial charge in [-0.1, -0.05) is 23.7 Å². The topological polar surface area (TPSA) is 41.1 Å². The predicted molar refractivity (Wildman–Crippen MR) is 68.9 cm³/mol. The summed E-state index contributed by atoms with van der Waals surface area (Å²) in [4.78, 5) is 12.0. The summed E-state index contributed by atoms with van der Waals surface area (Å²) < 4.78 is 0. The summed E-state index contributed by atoms with van der Waals surface area (Å²) in [6, 6.07) is 7.53. The molecule has 1 aromatic rings. The van der Waals surface area contributed by atoms with E-state index in [2.05, 4.69) is 10.6 Å². The van der Waals surface area contributed by atoms with Gasteiger partial charge in [-0.15, -0.1) is 0 Å². The highest BCUT2D eigenvalue weighted by Crippen LogP contribution is 2.24. The lowest BCUT2D eigenvalue weighted by Gasteiger charge is -2.21. The fraction of sp³-hybridized carbons (Fsp3) is 0.462. The van der Waals surface area contributed by atoms with Crippen LogP contribution in [0.5, 0.6) is 0 Å². The molecular formula is C13H17ClN2O. The van der Waals surface area contributed by atoms with Crippen molar-refractivity contribution in [3.05, 3.63) is 34.9 Å². The summed E-state index contributed by atoms with van der Waals surface area (Å²) in [6.45, 7) is 4.25. The molecule has 92 valence electrons. The fourth-order valence-corrected chi connectivity index (χ4v) is 2.13. The Hall–Kier alpha value is -1.06. The van der Waals surface area contributed by atoms with Gasteiger partial charge in [0.25, 0.3) is 0 Å². The van der Waals surface area contributed by atoms with E-state index in [1.54, 1.807) is 0 Å². The van der Waals surface area contributed by atoms with Crippen molar-refractivity contribution in [1.82, 2.24) is 10.6 Å². The number of hydrogen-bond acceptors (Lipinski definition) is 2. The Morgan fingerprint density at radius 1 is 1.47 bits per heavy atom. The number of rotatable bonds is 3. The smallest absolute Gasteiger partial charge is 0.227 e. The van der Waals surface area contributed by atoms with Gasteiger partial charge in [-0.05, 0) is 37.6 Å². The van der Waals surface area contributed by atoms with E-state index in [-0.39, 0.29) is 11.3 Å². The molecule has 1 amide bonds. The summed E-state index contributed by atoms with van der Waals surface area (Å²) in [5.41, 5.74) is 0.809. The SMILES string of the molecule is CC1(C(=O)NCc2ccc(Cl)cc2)CCNC1. The van der Waals surface area contributed by atoms with Crippen molar-refractivity contribution in [2.45, 2.75) is 19.9 Å². The first-order valence-electron chi connectivity index (χ1n) is 5.84. The zero-order valence-corrected chi connectivity index (χ0v) is 10.7. The van der Waals surface area contributed by atoms with Gasteiger partial charge in [-0.25, -0.2) is 0 Å². The van der Waals surface area contributed by atoms with Crippen LogP contribution in [-0.2, 0) is 11.3 Å². The van der Waals surface area contributed by atoms with Crippen LogP contribution in [0, 0.1) is 5.41 Å². The van der Waals surface area contributed by atoms with Crippen molar-refractivity contribution in [2.75, 3.05) is 13.1 Å². The molecule has 0 radical (unpaired) electrons. The maximum absolute atomic E-state index is 12.0. The van der Waals surface area contributed by atoms with E-state index in [9.17, 15) is 4.79 Å². The molecule has 1 aliphatic rings. The average Bonchev–Trinajstić information content (AvgIpc) is 2.76. The first-order chi connectivity index (χ1) is 8.10. The summed E-state index contributed by atoms with van der Waals surface area (Å²) in [6.07, 6.45) is 0.902. The second-order valence-electron chi connectivity index (χ2n) is 4.80. The van der Waals surface area contributed by atoms with Gasteiger partial charge in [0.05, 0.1) is 5.41 Å². The first kappa shape index (κ1) is 12.4. The third-order valence-corrected chi connectivity index (χ3v) is 3.54. The fourth-order valence-electron chi connectivity index (χ4n) is 2.01. The second kappa shape index (κ2) is 5.07. The highest BCUT2D eigenvalue weighted by atomic mass is 35.5. The summed E-state index contributed by atoms with van der Waals surface area (Å²) >= 11 is 5.80. The van der Waals surface area contributed by atoms with Crippen molar-refractivity contribution in [2.24, 2.45) is 5.41 Å². The Morgan fingerprint density at radius 3 is 2.76 bits per heavy atom. The van der Waals surface area contributed by atoms with Crippen molar-refractivity contribution in [3.8, 4) is 0 Å². The van der Waals surface area contributed by atoms with Gasteiger partial charge >= 0.3 is 0 Å². The van der Waals surface area contributed by atoms with Crippen LogP contribution in [0.4, 0.5) is 0 Å². The third-order valence-electron chi connectivity index (χ3n) is 3.28. The van der Waals surface area contributed by atoms with Crippen molar-refractivity contribution >= 4 is 17.5 Å².